The van der Waals surface area contributed by atoms with Crippen molar-refractivity contribution in [1.82, 2.24) is 4.98 Å². The van der Waals surface area contributed by atoms with Crippen LogP contribution in [0.25, 0.3) is 33.7 Å². The monoisotopic (exact) mass is 542 g/mol. The van der Waals surface area contributed by atoms with Gasteiger partial charge in [-0.15, -0.1) is 0 Å². The Bertz CT molecular complexity index is 1680. The van der Waals surface area contributed by atoms with Gasteiger partial charge in [-0.05, 0) is 74.4 Å². The summed E-state index contributed by atoms with van der Waals surface area (Å²) in [5, 5.41) is 0. The minimum atomic E-state index is 0.0464. The van der Waals surface area contributed by atoms with E-state index in [0.29, 0.717) is 5.89 Å². The maximum Gasteiger partial charge on any atom is 0.229 e. The fourth-order valence-corrected chi connectivity index (χ4v) is 4.95. The molecule has 0 unspecified atom stereocenters. The number of oxazole rings is 1. The van der Waals surface area contributed by atoms with Gasteiger partial charge in [-0.3, -0.25) is 4.99 Å². The lowest BCUT2D eigenvalue weighted by Gasteiger charge is -2.25. The average Bonchev–Trinajstić information content (AvgIpc) is 3.35. The van der Waals surface area contributed by atoms with Crippen molar-refractivity contribution >= 4 is 23.0 Å². The second-order valence-electron chi connectivity index (χ2n) is 14.1. The van der Waals surface area contributed by atoms with E-state index in [1.165, 1.54) is 16.7 Å². The summed E-state index contributed by atoms with van der Waals surface area (Å²) in [4.78, 5) is 9.96. The van der Waals surface area contributed by atoms with Gasteiger partial charge in [-0.1, -0.05) is 117 Å². The van der Waals surface area contributed by atoms with Crippen LogP contribution in [0.2, 0.25) is 0 Å². The molecule has 0 spiro atoms. The van der Waals surface area contributed by atoms with Crippen molar-refractivity contribution < 1.29 is 4.42 Å². The molecule has 210 valence electrons. The molecule has 0 aliphatic heterocycles. The van der Waals surface area contributed by atoms with Crippen molar-refractivity contribution in [2.24, 2.45) is 4.99 Å². The summed E-state index contributed by atoms with van der Waals surface area (Å²) in [5.74, 6) is 0.574. The van der Waals surface area contributed by atoms with Crippen LogP contribution in [0.1, 0.15) is 84.6 Å². The highest BCUT2D eigenvalue weighted by atomic mass is 16.3. The fraction of sp³-hybridized carbons (Fsp3) is 0.316. The van der Waals surface area contributed by atoms with E-state index in [1.54, 1.807) is 0 Å². The van der Waals surface area contributed by atoms with Crippen LogP contribution in [-0.4, -0.2) is 11.2 Å². The molecular formula is C38H42N2O. The Balaban J connectivity index is 1.54. The molecule has 0 aliphatic rings. The third-order valence-corrected chi connectivity index (χ3v) is 7.66. The first kappa shape index (κ1) is 28.5. The maximum absolute atomic E-state index is 6.33. The average molecular weight is 543 g/mol. The van der Waals surface area contributed by atoms with E-state index in [2.05, 4.69) is 111 Å². The fourth-order valence-electron chi connectivity index (χ4n) is 4.95. The van der Waals surface area contributed by atoms with Crippen LogP contribution in [0, 0.1) is 0 Å². The highest BCUT2D eigenvalue weighted by Crippen LogP contribution is 2.36. The highest BCUT2D eigenvalue weighted by Gasteiger charge is 2.21. The molecular weight excluding hydrogens is 500 g/mol. The summed E-state index contributed by atoms with van der Waals surface area (Å²) in [6.45, 7) is 20.2. The third-order valence-electron chi connectivity index (χ3n) is 7.66. The lowest BCUT2D eigenvalue weighted by Crippen LogP contribution is -2.17. The molecule has 0 amide bonds. The van der Waals surface area contributed by atoms with Crippen LogP contribution >= 0.6 is 0 Å². The normalized spacial score (nSPS) is 12.9. The lowest BCUT2D eigenvalue weighted by molar-refractivity contribution is 0.568. The van der Waals surface area contributed by atoms with Crippen LogP contribution in [0.5, 0.6) is 0 Å². The number of fused-ring (bicyclic) bond motifs is 1. The molecule has 0 bridgehead atoms. The summed E-state index contributed by atoms with van der Waals surface area (Å²) >= 11 is 0. The molecule has 3 nitrogen and oxygen atoms in total. The van der Waals surface area contributed by atoms with E-state index in [9.17, 15) is 0 Å². The van der Waals surface area contributed by atoms with Crippen molar-refractivity contribution in [3.63, 3.8) is 0 Å². The van der Waals surface area contributed by atoms with Crippen molar-refractivity contribution in [2.75, 3.05) is 0 Å². The van der Waals surface area contributed by atoms with Gasteiger partial charge in [-0.2, -0.15) is 0 Å². The quantitative estimate of drug-likeness (QED) is 0.212. The van der Waals surface area contributed by atoms with E-state index in [-0.39, 0.29) is 16.2 Å². The Morgan fingerprint density at radius 1 is 0.610 bits per heavy atom. The molecule has 4 aromatic carbocycles. The number of benzene rings is 4. The molecule has 0 N–H and O–H groups in total. The van der Waals surface area contributed by atoms with Crippen LogP contribution in [0.4, 0.5) is 5.69 Å². The van der Waals surface area contributed by atoms with Crippen molar-refractivity contribution in [1.29, 1.82) is 0 Å². The largest absolute Gasteiger partial charge is 0.436 e. The van der Waals surface area contributed by atoms with Gasteiger partial charge in [0.15, 0.2) is 5.58 Å². The molecule has 0 saturated carbocycles. The summed E-state index contributed by atoms with van der Waals surface area (Å²) in [6, 6.07) is 29.8. The van der Waals surface area contributed by atoms with Gasteiger partial charge >= 0.3 is 0 Å². The smallest absolute Gasteiger partial charge is 0.229 e. The molecule has 5 aromatic rings. The molecule has 41 heavy (non-hydrogen) atoms. The number of para-hydroxylation sites is 2. The maximum atomic E-state index is 6.33. The Labute approximate surface area is 245 Å². The SMILES string of the molecule is CC(C)(C)c1ccc(-c2cccc3oc(-c4ccccc4N=Cc4cc(C(C)(C)C)cc(C(C)(C)C)c4)nc23)cc1. The zero-order chi connectivity index (χ0) is 29.6. The minimum absolute atomic E-state index is 0.0464. The molecule has 0 saturated heterocycles. The first-order valence-corrected chi connectivity index (χ1v) is 14.5. The predicted molar refractivity (Wildman–Crippen MR) is 175 cm³/mol. The number of hydrogen-bond acceptors (Lipinski definition) is 3. The van der Waals surface area contributed by atoms with E-state index in [0.717, 1.165) is 39.0 Å². The van der Waals surface area contributed by atoms with Gasteiger partial charge < -0.3 is 4.42 Å². The summed E-state index contributed by atoms with van der Waals surface area (Å²) in [7, 11) is 0. The Hall–Kier alpha value is -3.98. The second kappa shape index (κ2) is 10.4. The Morgan fingerprint density at radius 3 is 1.80 bits per heavy atom. The molecule has 0 atom stereocenters. The molecule has 5 rings (SSSR count). The minimum Gasteiger partial charge on any atom is -0.436 e. The van der Waals surface area contributed by atoms with Gasteiger partial charge in [0.25, 0.3) is 0 Å². The van der Waals surface area contributed by atoms with Gasteiger partial charge in [-0.25, -0.2) is 4.98 Å². The molecule has 0 aliphatic carbocycles. The molecule has 3 heteroatoms. The summed E-state index contributed by atoms with van der Waals surface area (Å²) in [5.41, 5.74) is 10.7. The van der Waals surface area contributed by atoms with E-state index >= 15 is 0 Å². The number of nitrogens with zero attached hydrogens (tertiary/aromatic N) is 2. The van der Waals surface area contributed by atoms with Gasteiger partial charge in [0, 0.05) is 11.8 Å². The zero-order valence-corrected chi connectivity index (χ0v) is 26.0. The molecule has 0 radical (unpaired) electrons. The Morgan fingerprint density at radius 2 is 1.20 bits per heavy atom. The van der Waals surface area contributed by atoms with Gasteiger partial charge in [0.1, 0.15) is 5.52 Å². The van der Waals surface area contributed by atoms with Crippen LogP contribution in [0.3, 0.4) is 0 Å². The number of hydrogen-bond donors (Lipinski definition) is 0. The first-order valence-electron chi connectivity index (χ1n) is 14.5. The first-order chi connectivity index (χ1) is 19.2. The van der Waals surface area contributed by atoms with E-state index < -0.39 is 0 Å². The standard InChI is InChI=1S/C38H42N2O/c1-36(2,3)27-19-17-26(18-20-27)30-14-12-16-33-34(30)40-35(41-33)31-13-10-11-15-32(31)39-24-25-21-28(37(4,5)6)23-29(22-25)38(7,8)9/h10-24H,1-9H3. The van der Waals surface area contributed by atoms with E-state index in [1.807, 2.05) is 42.6 Å². The number of rotatable bonds is 4. The van der Waals surface area contributed by atoms with Gasteiger partial charge in [0.2, 0.25) is 5.89 Å². The van der Waals surface area contributed by atoms with Gasteiger partial charge in [0.05, 0.1) is 11.3 Å². The highest BCUT2D eigenvalue weighted by molar-refractivity contribution is 5.93. The predicted octanol–water partition coefficient (Wildman–Crippen LogP) is 10.8. The lowest BCUT2D eigenvalue weighted by atomic mass is 9.79. The van der Waals surface area contributed by atoms with E-state index in [4.69, 9.17) is 14.4 Å². The molecule has 0 fully saturated rings. The summed E-state index contributed by atoms with van der Waals surface area (Å²) < 4.78 is 6.33. The number of aromatic nitrogens is 1. The summed E-state index contributed by atoms with van der Waals surface area (Å²) in [6.07, 6.45) is 1.97. The third kappa shape index (κ3) is 6.20. The van der Waals surface area contributed by atoms with Crippen LogP contribution < -0.4 is 0 Å². The Kier molecular flexibility index (Phi) is 7.27. The van der Waals surface area contributed by atoms with Crippen LogP contribution in [0.15, 0.2) is 94.3 Å². The van der Waals surface area contributed by atoms with Crippen molar-refractivity contribution in [2.45, 2.75) is 78.6 Å². The van der Waals surface area contributed by atoms with Crippen LogP contribution in [-0.2, 0) is 16.2 Å². The molecule has 1 heterocycles. The number of aliphatic imine (C=N–C) groups is 1. The zero-order valence-electron chi connectivity index (χ0n) is 26.0. The second-order valence-corrected chi connectivity index (χ2v) is 14.1. The topological polar surface area (TPSA) is 38.4 Å². The van der Waals surface area contributed by atoms with Crippen molar-refractivity contribution in [3.05, 3.63) is 107 Å². The molecule has 1 aromatic heterocycles. The van der Waals surface area contributed by atoms with Crippen molar-refractivity contribution in [3.8, 4) is 22.6 Å².